The third-order valence-corrected chi connectivity index (χ3v) is 2.52. The van der Waals surface area contributed by atoms with Crippen LogP contribution in [0.15, 0.2) is 24.7 Å². The molecule has 0 bridgehead atoms. The number of imidazole rings is 1. The number of rotatable bonds is 4. The lowest BCUT2D eigenvalue weighted by molar-refractivity contribution is -0.388. The summed E-state index contributed by atoms with van der Waals surface area (Å²) < 4.78 is 1.58. The summed E-state index contributed by atoms with van der Waals surface area (Å²) in [7, 11) is 1.70. The summed E-state index contributed by atoms with van der Waals surface area (Å²) in [6.07, 6.45) is 3.15. The van der Waals surface area contributed by atoms with Gasteiger partial charge in [-0.05, 0) is 28.5 Å². The highest BCUT2D eigenvalue weighted by Gasteiger charge is 2.19. The topological polar surface area (TPSA) is 85.9 Å². The average molecular weight is 247 g/mol. The van der Waals surface area contributed by atoms with Gasteiger partial charge in [0.15, 0.2) is 0 Å². The highest BCUT2D eigenvalue weighted by Crippen LogP contribution is 2.21. The van der Waals surface area contributed by atoms with E-state index >= 15 is 0 Å². The number of hydrogen-bond acceptors (Lipinski definition) is 5. The van der Waals surface area contributed by atoms with E-state index in [-0.39, 0.29) is 5.82 Å². The second-order valence-electron chi connectivity index (χ2n) is 3.95. The highest BCUT2D eigenvalue weighted by atomic mass is 16.6. The van der Waals surface area contributed by atoms with E-state index in [4.69, 9.17) is 0 Å². The van der Waals surface area contributed by atoms with Crippen LogP contribution in [0.2, 0.25) is 0 Å². The van der Waals surface area contributed by atoms with Crippen molar-refractivity contribution in [3.8, 4) is 0 Å². The van der Waals surface area contributed by atoms with E-state index in [1.54, 1.807) is 17.8 Å². The molecule has 0 aliphatic carbocycles. The molecule has 0 saturated heterocycles. The number of nitrogens with zero attached hydrogens (tertiary/aromatic N) is 4. The van der Waals surface area contributed by atoms with Gasteiger partial charge in [0.25, 0.3) is 0 Å². The van der Waals surface area contributed by atoms with Gasteiger partial charge in [-0.3, -0.25) is 9.55 Å². The molecule has 0 saturated carbocycles. The van der Waals surface area contributed by atoms with E-state index in [9.17, 15) is 10.1 Å². The third kappa shape index (κ3) is 2.45. The van der Waals surface area contributed by atoms with E-state index in [0.29, 0.717) is 12.4 Å². The van der Waals surface area contributed by atoms with Crippen molar-refractivity contribution < 1.29 is 4.92 Å². The smallest absolute Gasteiger partial charge is 0.360 e. The lowest BCUT2D eigenvalue weighted by Crippen LogP contribution is -2.06. The Bertz CT molecular complexity index is 561. The molecule has 0 aliphatic rings. The van der Waals surface area contributed by atoms with Crippen molar-refractivity contribution in [1.82, 2.24) is 14.5 Å². The quantitative estimate of drug-likeness (QED) is 0.655. The van der Waals surface area contributed by atoms with Crippen molar-refractivity contribution >= 4 is 11.6 Å². The molecule has 7 heteroatoms. The monoisotopic (exact) mass is 247 g/mol. The van der Waals surface area contributed by atoms with E-state index in [1.165, 1.54) is 6.33 Å². The van der Waals surface area contributed by atoms with Crippen LogP contribution in [-0.4, -0.2) is 19.5 Å². The van der Waals surface area contributed by atoms with Crippen LogP contribution < -0.4 is 5.32 Å². The van der Waals surface area contributed by atoms with Gasteiger partial charge in [-0.1, -0.05) is 6.07 Å². The number of anilines is 1. The van der Waals surface area contributed by atoms with E-state index in [2.05, 4.69) is 15.3 Å². The summed E-state index contributed by atoms with van der Waals surface area (Å²) in [6, 6.07) is 3.83. The van der Waals surface area contributed by atoms with Crippen LogP contribution in [0.1, 0.15) is 11.3 Å². The number of nitro groups is 1. The number of aryl methyl sites for hydroxylation is 2. The minimum absolute atomic E-state index is 0.169. The molecule has 2 rings (SSSR count). The van der Waals surface area contributed by atoms with Crippen LogP contribution in [0.4, 0.5) is 11.6 Å². The maximum absolute atomic E-state index is 10.8. The van der Waals surface area contributed by atoms with Crippen molar-refractivity contribution in [3.05, 3.63) is 46.0 Å². The molecule has 94 valence electrons. The molecule has 1 N–H and O–H groups in total. The SMILES string of the molecule is Cc1ccc(CNc2c([N+](=O)[O-])ncn2C)cn1. The van der Waals surface area contributed by atoms with Crippen LogP contribution in [0.5, 0.6) is 0 Å². The van der Waals surface area contributed by atoms with Gasteiger partial charge >= 0.3 is 5.82 Å². The summed E-state index contributed by atoms with van der Waals surface area (Å²) in [5, 5.41) is 13.8. The molecule has 0 spiro atoms. The average Bonchev–Trinajstić information content (AvgIpc) is 2.70. The first-order valence-electron chi connectivity index (χ1n) is 5.39. The Morgan fingerprint density at radius 2 is 2.22 bits per heavy atom. The first-order chi connectivity index (χ1) is 8.58. The molecule has 2 heterocycles. The van der Waals surface area contributed by atoms with Gasteiger partial charge in [0.05, 0.1) is 0 Å². The summed E-state index contributed by atoms with van der Waals surface area (Å²) in [5.41, 5.74) is 1.89. The number of pyridine rings is 1. The van der Waals surface area contributed by atoms with Crippen molar-refractivity contribution in [2.24, 2.45) is 7.05 Å². The maximum atomic E-state index is 10.8. The Labute approximate surface area is 104 Å². The van der Waals surface area contributed by atoms with Gasteiger partial charge in [-0.15, -0.1) is 0 Å². The van der Waals surface area contributed by atoms with Gasteiger partial charge in [0.2, 0.25) is 12.1 Å². The molecule has 7 nitrogen and oxygen atoms in total. The first-order valence-corrected chi connectivity index (χ1v) is 5.39. The van der Waals surface area contributed by atoms with Gasteiger partial charge < -0.3 is 15.4 Å². The fraction of sp³-hybridized carbons (Fsp3) is 0.273. The predicted molar refractivity (Wildman–Crippen MR) is 66.2 cm³/mol. The molecule has 2 aromatic heterocycles. The molecule has 0 radical (unpaired) electrons. The normalized spacial score (nSPS) is 10.3. The molecule has 0 amide bonds. The lowest BCUT2D eigenvalue weighted by atomic mass is 10.2. The van der Waals surface area contributed by atoms with Crippen LogP contribution >= 0.6 is 0 Å². The molecule has 0 aliphatic heterocycles. The van der Waals surface area contributed by atoms with Crippen molar-refractivity contribution in [3.63, 3.8) is 0 Å². The predicted octanol–water partition coefficient (Wildman–Crippen LogP) is 1.64. The minimum atomic E-state index is -0.504. The zero-order chi connectivity index (χ0) is 13.1. The molecule has 0 atom stereocenters. The van der Waals surface area contributed by atoms with Crippen molar-refractivity contribution in [1.29, 1.82) is 0 Å². The Hall–Kier alpha value is -2.44. The summed E-state index contributed by atoms with van der Waals surface area (Å²) in [5.74, 6) is 0.221. The minimum Gasteiger partial charge on any atom is -0.360 e. The Morgan fingerprint density at radius 1 is 1.44 bits per heavy atom. The number of aromatic nitrogens is 3. The molecular weight excluding hydrogens is 234 g/mol. The second kappa shape index (κ2) is 4.82. The third-order valence-electron chi connectivity index (χ3n) is 2.52. The number of nitrogens with one attached hydrogen (secondary N) is 1. The molecule has 0 unspecified atom stereocenters. The van der Waals surface area contributed by atoms with Crippen LogP contribution in [0.25, 0.3) is 0 Å². The van der Waals surface area contributed by atoms with E-state index < -0.39 is 4.92 Å². The number of hydrogen-bond donors (Lipinski definition) is 1. The van der Waals surface area contributed by atoms with Gasteiger partial charge in [0.1, 0.15) is 0 Å². The summed E-state index contributed by atoms with van der Waals surface area (Å²) in [4.78, 5) is 18.2. The zero-order valence-electron chi connectivity index (χ0n) is 10.1. The standard InChI is InChI=1S/C11H13N5O2/c1-8-3-4-9(5-12-8)6-13-10-11(16(17)18)14-7-15(10)2/h3-5,7,13H,6H2,1-2H3. The van der Waals surface area contributed by atoms with Gasteiger partial charge in [-0.25, -0.2) is 0 Å². The van der Waals surface area contributed by atoms with Crippen LogP contribution in [0.3, 0.4) is 0 Å². The molecule has 18 heavy (non-hydrogen) atoms. The largest absolute Gasteiger partial charge is 0.406 e. The van der Waals surface area contributed by atoms with Crippen molar-refractivity contribution in [2.45, 2.75) is 13.5 Å². The van der Waals surface area contributed by atoms with E-state index in [1.807, 2.05) is 19.1 Å². The fourth-order valence-corrected chi connectivity index (χ4v) is 1.54. The summed E-state index contributed by atoms with van der Waals surface area (Å²) >= 11 is 0. The zero-order valence-corrected chi connectivity index (χ0v) is 10.1. The van der Waals surface area contributed by atoms with Crippen LogP contribution in [0, 0.1) is 17.0 Å². The van der Waals surface area contributed by atoms with Gasteiger partial charge in [-0.2, -0.15) is 0 Å². The lowest BCUT2D eigenvalue weighted by Gasteiger charge is -2.06. The second-order valence-corrected chi connectivity index (χ2v) is 3.95. The van der Waals surface area contributed by atoms with E-state index in [0.717, 1.165) is 11.3 Å². The van der Waals surface area contributed by atoms with Gasteiger partial charge in [0, 0.05) is 25.5 Å². The highest BCUT2D eigenvalue weighted by molar-refractivity contribution is 5.52. The van der Waals surface area contributed by atoms with Crippen LogP contribution in [-0.2, 0) is 13.6 Å². The molecule has 0 aromatic carbocycles. The molecule has 2 aromatic rings. The first kappa shape index (κ1) is 12.0. The Kier molecular flexibility index (Phi) is 3.22. The fourth-order valence-electron chi connectivity index (χ4n) is 1.54. The maximum Gasteiger partial charge on any atom is 0.406 e. The van der Waals surface area contributed by atoms with Crippen molar-refractivity contribution in [2.75, 3.05) is 5.32 Å². The Morgan fingerprint density at radius 3 is 2.83 bits per heavy atom. The molecular formula is C11H13N5O2. The summed E-state index contributed by atoms with van der Waals surface area (Å²) in [6.45, 7) is 2.37. The Balaban J connectivity index is 2.12. The molecule has 0 fully saturated rings.